The van der Waals surface area contributed by atoms with Crippen molar-refractivity contribution in [3.8, 4) is 11.5 Å². The van der Waals surface area contributed by atoms with Crippen molar-refractivity contribution in [3.63, 3.8) is 0 Å². The quantitative estimate of drug-likeness (QED) is 0.562. The van der Waals surface area contributed by atoms with Crippen LogP contribution in [0.3, 0.4) is 0 Å². The normalized spacial score (nSPS) is 16.3. The number of benzene rings is 1. The lowest BCUT2D eigenvalue weighted by atomic mass is 10.2. The first kappa shape index (κ1) is 22.0. The maximum atomic E-state index is 12.4. The van der Waals surface area contributed by atoms with Crippen LogP contribution >= 0.6 is 0 Å². The number of amides is 2. The number of hydrogen-bond donors (Lipinski definition) is 3. The van der Waals surface area contributed by atoms with Crippen molar-refractivity contribution in [1.29, 1.82) is 0 Å². The molecule has 1 aromatic rings. The van der Waals surface area contributed by atoms with Crippen molar-refractivity contribution in [1.82, 2.24) is 5.32 Å². The summed E-state index contributed by atoms with van der Waals surface area (Å²) in [5.41, 5.74) is 0.646. The minimum atomic E-state index is -0.286. The molecular formula is C21H34N3O4+. The summed E-state index contributed by atoms with van der Waals surface area (Å²) in [6, 6.07) is 5.34. The van der Waals surface area contributed by atoms with Gasteiger partial charge in [-0.3, -0.25) is 9.59 Å². The summed E-state index contributed by atoms with van der Waals surface area (Å²) >= 11 is 0. The standard InChI is InChI=1S/C21H33N3O4/c1-5-27-18-12-11-17(13-19(18)28-6-2)22-20(25)14-24(4)15(3)21(26)23-16-9-7-8-10-16/h11-13,15-16H,5-10,14H2,1-4H3,(H,22,25)(H,23,26)/p+1/t15-/m0/s1. The van der Waals surface area contributed by atoms with Crippen molar-refractivity contribution in [2.75, 3.05) is 32.1 Å². The van der Waals surface area contributed by atoms with E-state index in [9.17, 15) is 9.59 Å². The van der Waals surface area contributed by atoms with Crippen LogP contribution in [0.4, 0.5) is 5.69 Å². The number of likely N-dealkylation sites (N-methyl/N-ethyl adjacent to an activating group) is 1. The first-order chi connectivity index (χ1) is 13.4. The fraction of sp³-hybridized carbons (Fsp3) is 0.619. The molecule has 0 radical (unpaired) electrons. The minimum absolute atomic E-state index is 0.0110. The van der Waals surface area contributed by atoms with Gasteiger partial charge in [-0.05, 0) is 45.7 Å². The van der Waals surface area contributed by atoms with Crippen LogP contribution in [0, 0.1) is 0 Å². The van der Waals surface area contributed by atoms with Gasteiger partial charge in [0, 0.05) is 17.8 Å². The Balaban J connectivity index is 1.89. The van der Waals surface area contributed by atoms with Crippen LogP contribution in [0.5, 0.6) is 11.5 Å². The highest BCUT2D eigenvalue weighted by atomic mass is 16.5. The Hall–Kier alpha value is -2.28. The van der Waals surface area contributed by atoms with E-state index in [0.29, 0.717) is 30.4 Å². The van der Waals surface area contributed by atoms with Crippen LogP contribution in [0.2, 0.25) is 0 Å². The topological polar surface area (TPSA) is 81.1 Å². The van der Waals surface area contributed by atoms with Crippen LogP contribution in [0.15, 0.2) is 18.2 Å². The van der Waals surface area contributed by atoms with Gasteiger partial charge in [0.15, 0.2) is 24.1 Å². The summed E-state index contributed by atoms with van der Waals surface area (Å²) in [6.07, 6.45) is 4.46. The zero-order valence-electron chi connectivity index (χ0n) is 17.5. The second-order valence-electron chi connectivity index (χ2n) is 7.31. The molecule has 3 N–H and O–H groups in total. The van der Waals surface area contributed by atoms with Crippen LogP contribution < -0.4 is 25.0 Å². The van der Waals surface area contributed by atoms with Crippen molar-refractivity contribution in [3.05, 3.63) is 18.2 Å². The number of rotatable bonds is 10. The third-order valence-electron chi connectivity index (χ3n) is 5.10. The van der Waals surface area contributed by atoms with Crippen LogP contribution in [-0.4, -0.2) is 50.7 Å². The fourth-order valence-corrected chi connectivity index (χ4v) is 3.36. The van der Waals surface area contributed by atoms with E-state index in [0.717, 1.165) is 17.7 Å². The number of ether oxygens (including phenoxy) is 2. The van der Waals surface area contributed by atoms with E-state index in [4.69, 9.17) is 9.47 Å². The molecule has 7 nitrogen and oxygen atoms in total. The predicted octanol–water partition coefficient (Wildman–Crippen LogP) is 1.38. The Kier molecular flexibility index (Phi) is 8.57. The largest absolute Gasteiger partial charge is 0.490 e. The molecule has 28 heavy (non-hydrogen) atoms. The van der Waals surface area contributed by atoms with Gasteiger partial charge in [-0.1, -0.05) is 12.8 Å². The molecule has 1 aliphatic carbocycles. The van der Waals surface area contributed by atoms with Gasteiger partial charge >= 0.3 is 0 Å². The lowest BCUT2D eigenvalue weighted by Crippen LogP contribution is -3.15. The number of nitrogens with one attached hydrogen (secondary N) is 3. The molecule has 1 aliphatic rings. The summed E-state index contributed by atoms with van der Waals surface area (Å²) in [5, 5.41) is 5.98. The van der Waals surface area contributed by atoms with Gasteiger partial charge in [-0.25, -0.2) is 0 Å². The molecule has 0 saturated heterocycles. The van der Waals surface area contributed by atoms with E-state index in [2.05, 4.69) is 10.6 Å². The number of hydrogen-bond acceptors (Lipinski definition) is 4. The molecule has 156 valence electrons. The van der Waals surface area contributed by atoms with Crippen molar-refractivity contribution < 1.29 is 24.0 Å². The molecule has 0 heterocycles. The van der Waals surface area contributed by atoms with E-state index in [1.54, 1.807) is 18.2 Å². The van der Waals surface area contributed by atoms with E-state index >= 15 is 0 Å². The SMILES string of the molecule is CCOc1ccc(NC(=O)C[NH+](C)[C@@H](C)C(=O)NC2CCCC2)cc1OCC. The molecule has 1 unspecified atom stereocenters. The number of carbonyl (C=O) groups excluding carboxylic acids is 2. The minimum Gasteiger partial charge on any atom is -0.490 e. The molecule has 2 atom stereocenters. The van der Waals surface area contributed by atoms with E-state index in [-0.39, 0.29) is 30.4 Å². The molecule has 7 heteroatoms. The Morgan fingerprint density at radius 3 is 2.43 bits per heavy atom. The second-order valence-corrected chi connectivity index (χ2v) is 7.31. The highest BCUT2D eigenvalue weighted by Gasteiger charge is 2.27. The average Bonchev–Trinajstić information content (AvgIpc) is 3.16. The Morgan fingerprint density at radius 2 is 1.79 bits per heavy atom. The van der Waals surface area contributed by atoms with Crippen molar-refractivity contribution in [2.45, 2.75) is 58.5 Å². The third kappa shape index (κ3) is 6.41. The Bertz CT molecular complexity index is 659. The van der Waals surface area contributed by atoms with Gasteiger partial charge in [0.1, 0.15) is 0 Å². The molecule has 0 bridgehead atoms. The predicted molar refractivity (Wildman–Crippen MR) is 109 cm³/mol. The van der Waals surface area contributed by atoms with Gasteiger partial charge in [-0.2, -0.15) is 0 Å². The smallest absolute Gasteiger partial charge is 0.279 e. The number of carbonyl (C=O) groups is 2. The lowest BCUT2D eigenvalue weighted by molar-refractivity contribution is -0.885. The number of quaternary nitrogens is 1. The zero-order chi connectivity index (χ0) is 20.5. The molecule has 0 aliphatic heterocycles. The van der Waals surface area contributed by atoms with Gasteiger partial charge in [0.25, 0.3) is 11.8 Å². The molecule has 2 amide bonds. The molecule has 1 aromatic carbocycles. The molecule has 1 fully saturated rings. The van der Waals surface area contributed by atoms with E-state index in [1.165, 1.54) is 12.8 Å². The summed E-state index contributed by atoms with van der Waals surface area (Å²) in [6.45, 7) is 6.93. The summed E-state index contributed by atoms with van der Waals surface area (Å²) < 4.78 is 11.1. The van der Waals surface area contributed by atoms with Gasteiger partial charge in [0.05, 0.1) is 20.3 Å². The van der Waals surface area contributed by atoms with Crippen LogP contribution in [0.25, 0.3) is 0 Å². The zero-order valence-corrected chi connectivity index (χ0v) is 17.5. The van der Waals surface area contributed by atoms with Gasteiger partial charge in [-0.15, -0.1) is 0 Å². The summed E-state index contributed by atoms with van der Waals surface area (Å²) in [4.78, 5) is 25.7. The summed E-state index contributed by atoms with van der Waals surface area (Å²) in [7, 11) is 1.86. The Labute approximate surface area is 167 Å². The van der Waals surface area contributed by atoms with Crippen LogP contribution in [-0.2, 0) is 9.59 Å². The first-order valence-corrected chi connectivity index (χ1v) is 10.3. The highest BCUT2D eigenvalue weighted by Crippen LogP contribution is 2.30. The second kappa shape index (κ2) is 10.9. The molecule has 1 saturated carbocycles. The molecular weight excluding hydrogens is 358 g/mol. The maximum absolute atomic E-state index is 12.4. The van der Waals surface area contributed by atoms with Crippen molar-refractivity contribution in [2.24, 2.45) is 0 Å². The van der Waals surface area contributed by atoms with Gasteiger partial charge < -0.3 is 25.0 Å². The highest BCUT2D eigenvalue weighted by molar-refractivity contribution is 5.92. The summed E-state index contributed by atoms with van der Waals surface area (Å²) in [5.74, 6) is 1.12. The monoisotopic (exact) mass is 392 g/mol. The Morgan fingerprint density at radius 1 is 1.14 bits per heavy atom. The fourth-order valence-electron chi connectivity index (χ4n) is 3.36. The molecule has 2 rings (SSSR count). The number of anilines is 1. The average molecular weight is 393 g/mol. The lowest BCUT2D eigenvalue weighted by Gasteiger charge is -2.22. The van der Waals surface area contributed by atoms with E-state index < -0.39 is 0 Å². The van der Waals surface area contributed by atoms with E-state index in [1.807, 2.05) is 27.8 Å². The third-order valence-corrected chi connectivity index (χ3v) is 5.10. The maximum Gasteiger partial charge on any atom is 0.279 e. The van der Waals surface area contributed by atoms with Crippen LogP contribution in [0.1, 0.15) is 46.5 Å². The molecule has 0 spiro atoms. The van der Waals surface area contributed by atoms with Gasteiger partial charge in [0.2, 0.25) is 0 Å². The first-order valence-electron chi connectivity index (χ1n) is 10.3. The molecule has 0 aromatic heterocycles. The van der Waals surface area contributed by atoms with Crippen molar-refractivity contribution >= 4 is 17.5 Å².